The van der Waals surface area contributed by atoms with Crippen molar-refractivity contribution in [1.29, 1.82) is 0 Å². The molecule has 2 aromatic carbocycles. The molecule has 2 heteroatoms. The van der Waals surface area contributed by atoms with Crippen LogP contribution in [0.15, 0.2) is 49.0 Å². The van der Waals surface area contributed by atoms with Crippen molar-refractivity contribution in [2.24, 2.45) is 0 Å². The van der Waals surface area contributed by atoms with Crippen LogP contribution in [0.5, 0.6) is 5.75 Å². The monoisotopic (exact) mass is 228 g/mol. The van der Waals surface area contributed by atoms with Gasteiger partial charge in [0.15, 0.2) is 0 Å². The third-order valence-corrected chi connectivity index (χ3v) is 2.93. The van der Waals surface area contributed by atoms with Crippen LogP contribution in [0.4, 0.5) is 0 Å². The number of benzene rings is 2. The van der Waals surface area contributed by atoms with Gasteiger partial charge in [-0.2, -0.15) is 0 Å². The lowest BCUT2D eigenvalue weighted by Crippen LogP contribution is -2.03. The molecule has 0 unspecified atom stereocenters. The Morgan fingerprint density at radius 2 is 1.75 bits per heavy atom. The Kier molecular flexibility index (Phi) is 2.01. The highest BCUT2D eigenvalue weighted by Crippen LogP contribution is 2.41. The Hall–Kier alpha value is -1.73. The van der Waals surface area contributed by atoms with E-state index < -0.39 is 0 Å². The summed E-state index contributed by atoms with van der Waals surface area (Å²) >= 11 is 5.97. The molecular formula is C14H9ClO. The molecule has 0 atom stereocenters. The van der Waals surface area contributed by atoms with Gasteiger partial charge in [0.2, 0.25) is 0 Å². The van der Waals surface area contributed by atoms with Crippen molar-refractivity contribution in [3.8, 4) is 16.9 Å². The number of hydrogen-bond acceptors (Lipinski definition) is 1. The van der Waals surface area contributed by atoms with Crippen molar-refractivity contribution in [2.75, 3.05) is 0 Å². The van der Waals surface area contributed by atoms with Gasteiger partial charge in [-0.15, -0.1) is 0 Å². The summed E-state index contributed by atoms with van der Waals surface area (Å²) in [5, 5.41) is 0.697. The Morgan fingerprint density at radius 3 is 2.62 bits per heavy atom. The van der Waals surface area contributed by atoms with Gasteiger partial charge in [-0.3, -0.25) is 0 Å². The van der Waals surface area contributed by atoms with Gasteiger partial charge >= 0.3 is 0 Å². The summed E-state index contributed by atoms with van der Waals surface area (Å²) in [5.41, 5.74) is 3.17. The average molecular weight is 229 g/mol. The molecule has 0 saturated heterocycles. The highest BCUT2D eigenvalue weighted by Gasteiger charge is 2.19. The maximum atomic E-state index is 5.97. The van der Waals surface area contributed by atoms with Crippen LogP contribution >= 0.6 is 11.6 Å². The Bertz CT molecular complexity index is 587. The highest BCUT2D eigenvalue weighted by molar-refractivity contribution is 6.30. The first-order valence-corrected chi connectivity index (χ1v) is 5.39. The van der Waals surface area contributed by atoms with Crippen LogP contribution < -0.4 is 4.74 Å². The van der Waals surface area contributed by atoms with Gasteiger partial charge in [0.05, 0.1) is 0 Å². The van der Waals surface area contributed by atoms with Crippen molar-refractivity contribution in [2.45, 2.75) is 0 Å². The fourth-order valence-corrected chi connectivity index (χ4v) is 2.12. The van der Waals surface area contributed by atoms with Gasteiger partial charge in [-0.25, -0.2) is 0 Å². The zero-order valence-corrected chi connectivity index (χ0v) is 9.29. The van der Waals surface area contributed by atoms with E-state index in [-0.39, 0.29) is 0 Å². The molecular weight excluding hydrogens is 220 g/mol. The van der Waals surface area contributed by atoms with Crippen LogP contribution in [0.1, 0.15) is 5.56 Å². The fourth-order valence-electron chi connectivity index (χ4n) is 1.95. The van der Waals surface area contributed by atoms with E-state index in [9.17, 15) is 0 Å². The molecule has 1 nitrogen and oxygen atoms in total. The fraction of sp³-hybridized carbons (Fsp3) is 0. The smallest absolute Gasteiger partial charge is 0.135 e. The first-order chi connectivity index (χ1) is 7.75. The average Bonchev–Trinajstić information content (AvgIpc) is 2.29. The van der Waals surface area contributed by atoms with Crippen LogP contribution in [-0.2, 0) is 0 Å². The van der Waals surface area contributed by atoms with E-state index >= 15 is 0 Å². The molecule has 0 spiro atoms. The first kappa shape index (κ1) is 9.49. The molecule has 1 aliphatic heterocycles. The third-order valence-electron chi connectivity index (χ3n) is 2.69. The third kappa shape index (κ3) is 1.33. The maximum Gasteiger partial charge on any atom is 0.135 e. The predicted molar refractivity (Wildman–Crippen MR) is 66.6 cm³/mol. The summed E-state index contributed by atoms with van der Waals surface area (Å²) in [4.78, 5) is 0. The van der Waals surface area contributed by atoms with Gasteiger partial charge < -0.3 is 4.74 Å². The van der Waals surface area contributed by atoms with E-state index in [1.165, 1.54) is 0 Å². The van der Waals surface area contributed by atoms with Gasteiger partial charge in [0.25, 0.3) is 0 Å². The lowest BCUT2D eigenvalue weighted by molar-refractivity contribution is 0.513. The number of para-hydroxylation sites is 1. The number of halogens is 1. The Morgan fingerprint density at radius 1 is 0.938 bits per heavy atom. The van der Waals surface area contributed by atoms with Crippen molar-refractivity contribution in [3.63, 3.8) is 0 Å². The topological polar surface area (TPSA) is 9.23 Å². The van der Waals surface area contributed by atoms with Gasteiger partial charge in [0, 0.05) is 16.1 Å². The molecule has 1 aliphatic rings. The van der Waals surface area contributed by atoms with E-state index in [1.54, 1.807) is 0 Å². The predicted octanol–water partition coefficient (Wildman–Crippen LogP) is 4.37. The minimum atomic E-state index is 0.649. The number of ether oxygens (including phenoxy) is 1. The molecule has 2 aromatic rings. The summed E-state index contributed by atoms with van der Waals surface area (Å²) in [6, 6.07) is 13.7. The minimum absolute atomic E-state index is 0.649. The zero-order chi connectivity index (χ0) is 11.1. The van der Waals surface area contributed by atoms with E-state index in [0.29, 0.717) is 10.8 Å². The van der Waals surface area contributed by atoms with Gasteiger partial charge in [-0.05, 0) is 23.8 Å². The molecule has 0 radical (unpaired) electrons. The second kappa shape index (κ2) is 3.39. The van der Waals surface area contributed by atoms with Gasteiger partial charge in [-0.1, -0.05) is 42.4 Å². The number of fused-ring (bicyclic) bond motifs is 3. The molecule has 0 fully saturated rings. The lowest BCUT2D eigenvalue weighted by atomic mass is 9.96. The molecule has 0 N–H and O–H groups in total. The first-order valence-electron chi connectivity index (χ1n) is 5.02. The molecule has 0 bridgehead atoms. The molecule has 0 aliphatic carbocycles. The molecule has 0 saturated carbocycles. The van der Waals surface area contributed by atoms with E-state index in [2.05, 4.69) is 6.58 Å². The second-order valence-corrected chi connectivity index (χ2v) is 4.15. The van der Waals surface area contributed by atoms with E-state index in [1.807, 2.05) is 42.5 Å². The largest absolute Gasteiger partial charge is 0.457 e. The summed E-state index contributed by atoms with van der Waals surface area (Å²) in [6.07, 6.45) is 0. The summed E-state index contributed by atoms with van der Waals surface area (Å²) in [6.45, 7) is 3.91. The van der Waals surface area contributed by atoms with Crippen molar-refractivity contribution in [3.05, 3.63) is 59.6 Å². The lowest BCUT2D eigenvalue weighted by Gasteiger charge is -2.22. The minimum Gasteiger partial charge on any atom is -0.457 e. The van der Waals surface area contributed by atoms with Crippen LogP contribution in [0.2, 0.25) is 5.02 Å². The molecule has 0 amide bonds. The highest BCUT2D eigenvalue weighted by atomic mass is 35.5. The molecule has 78 valence electrons. The van der Waals surface area contributed by atoms with Crippen LogP contribution in [0.25, 0.3) is 16.9 Å². The Balaban J connectivity index is 2.33. The summed E-state index contributed by atoms with van der Waals surface area (Å²) in [7, 11) is 0. The van der Waals surface area contributed by atoms with Crippen LogP contribution in [0.3, 0.4) is 0 Å². The summed E-state index contributed by atoms with van der Waals surface area (Å²) in [5.74, 6) is 1.50. The zero-order valence-electron chi connectivity index (χ0n) is 8.53. The quantitative estimate of drug-likeness (QED) is 0.651. The molecule has 0 aromatic heterocycles. The van der Waals surface area contributed by atoms with Crippen molar-refractivity contribution < 1.29 is 4.74 Å². The molecule has 3 rings (SSSR count). The second-order valence-electron chi connectivity index (χ2n) is 3.71. The van der Waals surface area contributed by atoms with Crippen molar-refractivity contribution in [1.82, 2.24) is 0 Å². The van der Waals surface area contributed by atoms with Crippen molar-refractivity contribution >= 4 is 17.4 Å². The van der Waals surface area contributed by atoms with E-state index in [0.717, 1.165) is 22.4 Å². The summed E-state index contributed by atoms with van der Waals surface area (Å²) < 4.78 is 5.66. The maximum absolute atomic E-state index is 5.97. The normalized spacial score (nSPS) is 12.7. The van der Waals surface area contributed by atoms with Crippen LogP contribution in [-0.4, -0.2) is 0 Å². The molecule has 1 heterocycles. The molecule has 16 heavy (non-hydrogen) atoms. The standard InChI is InChI=1S/C14H9ClO/c1-9-13-8-10(15)6-7-11(13)12-4-2-3-5-14(12)16-9/h2-8H,1H2. The van der Waals surface area contributed by atoms with Crippen LogP contribution in [0, 0.1) is 0 Å². The van der Waals surface area contributed by atoms with E-state index in [4.69, 9.17) is 16.3 Å². The Labute approximate surface area is 98.9 Å². The van der Waals surface area contributed by atoms with Gasteiger partial charge in [0.1, 0.15) is 11.5 Å². The number of hydrogen-bond donors (Lipinski definition) is 0. The number of rotatable bonds is 0. The SMILES string of the molecule is C=C1Oc2ccccc2-c2ccc(Cl)cc21.